The number of halogens is 2. The van der Waals surface area contributed by atoms with Crippen LogP contribution in [0.1, 0.15) is 12.5 Å². The van der Waals surface area contributed by atoms with Gasteiger partial charge in [-0.25, -0.2) is 0 Å². The molecule has 0 aliphatic carbocycles. The number of rotatable bonds is 5. The lowest BCUT2D eigenvalue weighted by Crippen LogP contribution is -2.35. The van der Waals surface area contributed by atoms with Crippen molar-refractivity contribution in [1.82, 2.24) is 5.32 Å². The van der Waals surface area contributed by atoms with Crippen LogP contribution in [0.5, 0.6) is 5.75 Å². The molecule has 0 saturated carbocycles. The Morgan fingerprint density at radius 1 is 1.29 bits per heavy atom. The molecule has 0 radical (unpaired) electrons. The normalized spacial score (nSPS) is 11.8. The summed E-state index contributed by atoms with van der Waals surface area (Å²) >= 11 is 8.25. The largest absolute Gasteiger partial charge is 0.481 e. The number of benzene rings is 2. The molecule has 0 aliphatic heterocycles. The maximum Gasteiger partial charge on any atom is 0.261 e. The van der Waals surface area contributed by atoms with E-state index in [2.05, 4.69) is 27.9 Å². The van der Waals surface area contributed by atoms with E-state index in [4.69, 9.17) is 16.3 Å². The van der Waals surface area contributed by atoms with Crippen LogP contribution in [0.15, 0.2) is 48.5 Å². The van der Waals surface area contributed by atoms with Gasteiger partial charge in [-0.3, -0.25) is 4.79 Å². The van der Waals surface area contributed by atoms with Crippen LogP contribution in [-0.2, 0) is 11.3 Å². The minimum absolute atomic E-state index is 0.172. The number of carbonyl (C=O) groups excluding carboxylic acids is 1. The van der Waals surface area contributed by atoms with Crippen molar-refractivity contribution in [2.45, 2.75) is 19.6 Å². The molecule has 0 saturated heterocycles. The molecule has 0 bridgehead atoms. The van der Waals surface area contributed by atoms with Crippen LogP contribution in [-0.4, -0.2) is 12.0 Å². The van der Waals surface area contributed by atoms with Crippen molar-refractivity contribution in [2.75, 3.05) is 0 Å². The molecule has 0 heterocycles. The molecule has 110 valence electrons. The predicted octanol–water partition coefficient (Wildman–Crippen LogP) is 4.03. The Balaban J connectivity index is 1.90. The van der Waals surface area contributed by atoms with Gasteiger partial charge in [-0.15, -0.1) is 0 Å². The van der Waals surface area contributed by atoms with Gasteiger partial charge in [0.1, 0.15) is 5.75 Å². The molecule has 0 unspecified atom stereocenters. The van der Waals surface area contributed by atoms with Gasteiger partial charge in [0, 0.05) is 15.1 Å². The number of carbonyl (C=O) groups is 1. The maximum absolute atomic E-state index is 12.0. The third-order valence-corrected chi connectivity index (χ3v) is 3.93. The van der Waals surface area contributed by atoms with Crippen LogP contribution >= 0.6 is 34.2 Å². The van der Waals surface area contributed by atoms with Crippen molar-refractivity contribution in [3.8, 4) is 5.75 Å². The van der Waals surface area contributed by atoms with E-state index in [1.54, 1.807) is 13.0 Å². The average molecular weight is 416 g/mol. The zero-order valence-electron chi connectivity index (χ0n) is 11.5. The van der Waals surface area contributed by atoms with E-state index in [-0.39, 0.29) is 5.91 Å². The molecule has 1 amide bonds. The van der Waals surface area contributed by atoms with Gasteiger partial charge in [0.2, 0.25) is 0 Å². The third-order valence-electron chi connectivity index (χ3n) is 2.89. The highest BCUT2D eigenvalue weighted by molar-refractivity contribution is 14.1. The van der Waals surface area contributed by atoms with Crippen molar-refractivity contribution in [1.29, 1.82) is 0 Å². The summed E-state index contributed by atoms with van der Waals surface area (Å²) in [6.07, 6.45) is -0.564. The number of nitrogens with one attached hydrogen (secondary N) is 1. The molecular weight excluding hydrogens is 401 g/mol. The summed E-state index contributed by atoms with van der Waals surface area (Å²) in [5.41, 5.74) is 0.883. The first-order valence-corrected chi connectivity index (χ1v) is 7.95. The summed E-state index contributed by atoms with van der Waals surface area (Å²) in [5, 5.41) is 3.47. The highest BCUT2D eigenvalue weighted by atomic mass is 127. The van der Waals surface area contributed by atoms with E-state index in [0.29, 0.717) is 17.3 Å². The predicted molar refractivity (Wildman–Crippen MR) is 92.5 cm³/mol. The third kappa shape index (κ3) is 4.89. The second-order valence-corrected chi connectivity index (χ2v) is 6.18. The molecule has 21 heavy (non-hydrogen) atoms. The summed E-state index contributed by atoms with van der Waals surface area (Å²) in [7, 11) is 0. The highest BCUT2D eigenvalue weighted by Gasteiger charge is 2.14. The lowest BCUT2D eigenvalue weighted by molar-refractivity contribution is -0.127. The second-order valence-electron chi connectivity index (χ2n) is 4.53. The van der Waals surface area contributed by atoms with Crippen molar-refractivity contribution in [3.63, 3.8) is 0 Å². The Kier molecular flexibility index (Phi) is 5.87. The van der Waals surface area contributed by atoms with Crippen LogP contribution in [0.2, 0.25) is 5.02 Å². The molecule has 2 aromatic carbocycles. The Morgan fingerprint density at radius 2 is 2.05 bits per heavy atom. The first-order valence-electron chi connectivity index (χ1n) is 6.49. The first-order chi connectivity index (χ1) is 10.1. The van der Waals surface area contributed by atoms with E-state index < -0.39 is 6.10 Å². The Labute approximate surface area is 142 Å². The van der Waals surface area contributed by atoms with Crippen LogP contribution in [0.4, 0.5) is 0 Å². The monoisotopic (exact) mass is 415 g/mol. The molecule has 3 nitrogen and oxygen atoms in total. The fraction of sp³-hybridized carbons (Fsp3) is 0.188. The molecule has 2 aromatic rings. The summed E-state index contributed by atoms with van der Waals surface area (Å²) in [4.78, 5) is 12.0. The number of hydrogen-bond donors (Lipinski definition) is 1. The van der Waals surface area contributed by atoms with Crippen LogP contribution in [0, 0.1) is 3.57 Å². The van der Waals surface area contributed by atoms with Gasteiger partial charge in [-0.1, -0.05) is 35.9 Å². The van der Waals surface area contributed by atoms with E-state index in [0.717, 1.165) is 9.13 Å². The SMILES string of the molecule is C[C@H](Oc1cccc(I)c1)C(=O)NCc1ccccc1Cl. The summed E-state index contributed by atoms with van der Waals surface area (Å²) < 4.78 is 6.69. The molecule has 1 atom stereocenters. The highest BCUT2D eigenvalue weighted by Crippen LogP contribution is 2.17. The standard InChI is InChI=1S/C16H15ClINO2/c1-11(21-14-7-4-6-13(18)9-14)16(20)19-10-12-5-2-3-8-15(12)17/h2-9,11H,10H2,1H3,(H,19,20)/t11-/m0/s1. The molecule has 5 heteroatoms. The van der Waals surface area contributed by atoms with Crippen molar-refractivity contribution < 1.29 is 9.53 Å². The Bertz CT molecular complexity index is 633. The molecule has 1 N–H and O–H groups in total. The lowest BCUT2D eigenvalue weighted by Gasteiger charge is -2.15. The van der Waals surface area contributed by atoms with Crippen LogP contribution < -0.4 is 10.1 Å². The van der Waals surface area contributed by atoms with Crippen LogP contribution in [0.25, 0.3) is 0 Å². The maximum atomic E-state index is 12.0. The summed E-state index contributed by atoms with van der Waals surface area (Å²) in [5.74, 6) is 0.510. The fourth-order valence-electron chi connectivity index (χ4n) is 1.77. The smallest absolute Gasteiger partial charge is 0.261 e. The van der Waals surface area contributed by atoms with E-state index in [1.807, 2.05) is 42.5 Å². The van der Waals surface area contributed by atoms with E-state index >= 15 is 0 Å². The van der Waals surface area contributed by atoms with Gasteiger partial charge >= 0.3 is 0 Å². The van der Waals surface area contributed by atoms with Crippen molar-refractivity contribution in [3.05, 3.63) is 62.7 Å². The van der Waals surface area contributed by atoms with Gasteiger partial charge < -0.3 is 10.1 Å². The van der Waals surface area contributed by atoms with Crippen LogP contribution in [0.3, 0.4) is 0 Å². The second kappa shape index (κ2) is 7.66. The Morgan fingerprint density at radius 3 is 2.76 bits per heavy atom. The lowest BCUT2D eigenvalue weighted by atomic mass is 10.2. The molecular formula is C16H15ClINO2. The molecule has 0 aromatic heterocycles. The zero-order chi connectivity index (χ0) is 15.2. The van der Waals surface area contributed by atoms with Gasteiger partial charge in [0.15, 0.2) is 6.10 Å². The van der Waals surface area contributed by atoms with E-state index in [9.17, 15) is 4.79 Å². The van der Waals surface area contributed by atoms with Gasteiger partial charge in [-0.05, 0) is 59.3 Å². The number of amides is 1. The summed E-state index contributed by atoms with van der Waals surface area (Å²) in [6, 6.07) is 15.0. The van der Waals surface area contributed by atoms with Gasteiger partial charge in [0.05, 0.1) is 0 Å². The summed E-state index contributed by atoms with van der Waals surface area (Å²) in [6.45, 7) is 2.11. The fourth-order valence-corrected chi connectivity index (χ4v) is 2.48. The average Bonchev–Trinajstić information content (AvgIpc) is 2.46. The van der Waals surface area contributed by atoms with Crippen molar-refractivity contribution >= 4 is 40.1 Å². The number of hydrogen-bond acceptors (Lipinski definition) is 2. The minimum Gasteiger partial charge on any atom is -0.481 e. The topological polar surface area (TPSA) is 38.3 Å². The van der Waals surface area contributed by atoms with E-state index in [1.165, 1.54) is 0 Å². The van der Waals surface area contributed by atoms with Crippen molar-refractivity contribution in [2.24, 2.45) is 0 Å². The molecule has 2 rings (SSSR count). The van der Waals surface area contributed by atoms with Gasteiger partial charge in [0.25, 0.3) is 5.91 Å². The minimum atomic E-state index is -0.564. The molecule has 0 spiro atoms. The first kappa shape index (κ1) is 16.1. The number of ether oxygens (including phenoxy) is 1. The Hall–Kier alpha value is -1.27. The van der Waals surface area contributed by atoms with Gasteiger partial charge in [-0.2, -0.15) is 0 Å². The molecule has 0 fully saturated rings. The quantitative estimate of drug-likeness (QED) is 0.749. The zero-order valence-corrected chi connectivity index (χ0v) is 14.4. The molecule has 0 aliphatic rings.